The van der Waals surface area contributed by atoms with Crippen molar-refractivity contribution in [2.75, 3.05) is 10.0 Å². The van der Waals surface area contributed by atoms with Crippen LogP contribution < -0.4 is 10.0 Å². The first-order chi connectivity index (χ1) is 16.4. The normalized spacial score (nSPS) is 26.9. The van der Waals surface area contributed by atoms with Gasteiger partial charge in [-0.15, -0.1) is 0 Å². The Hall–Kier alpha value is -3.46. The van der Waals surface area contributed by atoms with Crippen LogP contribution in [0.15, 0.2) is 65.8 Å². The summed E-state index contributed by atoms with van der Waals surface area (Å²) >= 11 is 0. The fourth-order valence-electron chi connectivity index (χ4n) is 6.36. The third kappa shape index (κ3) is 3.42. The molecule has 34 heavy (non-hydrogen) atoms. The highest BCUT2D eigenvalue weighted by molar-refractivity contribution is 7.92. The fourth-order valence-corrected chi connectivity index (χ4v) is 7.35. The Morgan fingerprint density at radius 2 is 1.82 bits per heavy atom. The highest BCUT2D eigenvalue weighted by Gasteiger charge is 2.54. The van der Waals surface area contributed by atoms with Gasteiger partial charge in [-0.05, 0) is 90.5 Å². The van der Waals surface area contributed by atoms with E-state index >= 15 is 0 Å². The first-order valence-corrected chi connectivity index (χ1v) is 12.9. The van der Waals surface area contributed by atoms with Crippen LogP contribution in [-0.2, 0) is 10.0 Å². The van der Waals surface area contributed by atoms with Crippen LogP contribution in [0.4, 0.5) is 11.6 Å². The lowest BCUT2D eigenvalue weighted by Gasteiger charge is -2.43. The topological polar surface area (TPSA) is 121 Å². The van der Waals surface area contributed by atoms with Gasteiger partial charge in [0.2, 0.25) is 5.95 Å². The third-order valence-electron chi connectivity index (χ3n) is 7.65. The van der Waals surface area contributed by atoms with Gasteiger partial charge >= 0.3 is 5.97 Å². The van der Waals surface area contributed by atoms with E-state index in [4.69, 9.17) is 0 Å². The molecule has 3 aromatic rings. The number of fused-ring (bicyclic) bond motifs is 7. The number of nitrogens with zero attached hydrogens (tertiary/aromatic N) is 2. The van der Waals surface area contributed by atoms with Crippen LogP contribution in [0.3, 0.4) is 0 Å². The molecule has 1 aromatic heterocycles. The van der Waals surface area contributed by atoms with Gasteiger partial charge in [-0.1, -0.05) is 12.1 Å². The van der Waals surface area contributed by atoms with Gasteiger partial charge in [-0.25, -0.2) is 27.9 Å². The van der Waals surface area contributed by atoms with Crippen molar-refractivity contribution in [2.24, 2.45) is 17.8 Å². The van der Waals surface area contributed by atoms with Crippen LogP contribution in [0.5, 0.6) is 0 Å². The van der Waals surface area contributed by atoms with Crippen molar-refractivity contribution in [3.63, 3.8) is 0 Å². The summed E-state index contributed by atoms with van der Waals surface area (Å²) in [6.07, 6.45) is 6.39. The summed E-state index contributed by atoms with van der Waals surface area (Å²) in [6.45, 7) is 0. The molecule has 3 N–H and O–H groups in total. The molecule has 0 saturated heterocycles. The number of carboxylic acids is 1. The second kappa shape index (κ2) is 7.80. The lowest BCUT2D eigenvalue weighted by atomic mass is 9.68. The molecule has 2 aliphatic carbocycles. The summed E-state index contributed by atoms with van der Waals surface area (Å²) in [5.41, 5.74) is 3.18. The zero-order valence-electron chi connectivity index (χ0n) is 18.3. The molecule has 5 atom stereocenters. The average Bonchev–Trinajstić information content (AvgIpc) is 3.46. The number of sulfonamides is 1. The Morgan fingerprint density at radius 1 is 1.03 bits per heavy atom. The van der Waals surface area contributed by atoms with Gasteiger partial charge in [0, 0.05) is 18.1 Å². The SMILES string of the molecule is O=C(O)c1cccc([C@@H]2Nc3ccc(S(=O)(=O)Nc4ncccn4)cc3[C@@H]3[C@H]4CC[C@@H](C4)[C@H]32)c1. The summed E-state index contributed by atoms with van der Waals surface area (Å²) < 4.78 is 28.6. The van der Waals surface area contributed by atoms with Crippen molar-refractivity contribution < 1.29 is 18.3 Å². The van der Waals surface area contributed by atoms with Crippen LogP contribution in [0, 0.1) is 17.8 Å². The molecule has 0 unspecified atom stereocenters. The molecule has 0 amide bonds. The molecular formula is C25H24N4O4S. The predicted molar refractivity (Wildman–Crippen MR) is 126 cm³/mol. The van der Waals surface area contributed by atoms with Gasteiger partial charge in [0.1, 0.15) is 0 Å². The predicted octanol–water partition coefficient (Wildman–Crippen LogP) is 4.27. The van der Waals surface area contributed by atoms with E-state index in [9.17, 15) is 18.3 Å². The smallest absolute Gasteiger partial charge is 0.335 e. The number of benzene rings is 2. The molecule has 1 aliphatic heterocycles. The lowest BCUT2D eigenvalue weighted by molar-refractivity contribution is 0.0696. The number of hydrogen-bond donors (Lipinski definition) is 3. The fraction of sp³-hybridized carbons (Fsp3) is 0.320. The van der Waals surface area contributed by atoms with E-state index in [1.807, 2.05) is 12.1 Å². The molecule has 9 heteroatoms. The Morgan fingerprint density at radius 3 is 2.62 bits per heavy atom. The maximum absolute atomic E-state index is 13.1. The van der Waals surface area contributed by atoms with Crippen molar-refractivity contribution in [3.05, 3.63) is 77.6 Å². The third-order valence-corrected chi connectivity index (χ3v) is 8.98. The maximum Gasteiger partial charge on any atom is 0.335 e. The molecule has 2 bridgehead atoms. The van der Waals surface area contributed by atoms with Gasteiger partial charge in [0.25, 0.3) is 10.0 Å². The van der Waals surface area contributed by atoms with E-state index in [-0.39, 0.29) is 28.4 Å². The van der Waals surface area contributed by atoms with Gasteiger partial charge in [-0.2, -0.15) is 0 Å². The number of aromatic carboxylic acids is 1. The molecular weight excluding hydrogens is 452 g/mol. The second-order valence-electron chi connectivity index (χ2n) is 9.42. The van der Waals surface area contributed by atoms with E-state index < -0.39 is 16.0 Å². The van der Waals surface area contributed by atoms with Crippen LogP contribution in [0.1, 0.15) is 52.7 Å². The number of rotatable bonds is 5. The minimum atomic E-state index is -3.84. The highest BCUT2D eigenvalue weighted by Crippen LogP contribution is 2.63. The van der Waals surface area contributed by atoms with Crippen molar-refractivity contribution >= 4 is 27.6 Å². The van der Waals surface area contributed by atoms with Crippen molar-refractivity contribution in [1.82, 2.24) is 9.97 Å². The monoisotopic (exact) mass is 476 g/mol. The zero-order valence-corrected chi connectivity index (χ0v) is 19.1. The molecule has 2 aromatic carbocycles. The van der Waals surface area contributed by atoms with Crippen LogP contribution in [-0.4, -0.2) is 29.5 Å². The Balaban J connectivity index is 1.40. The molecule has 6 rings (SSSR count). The first kappa shape index (κ1) is 21.1. The summed E-state index contributed by atoms with van der Waals surface area (Å²) in [5, 5.41) is 13.1. The van der Waals surface area contributed by atoms with E-state index in [2.05, 4.69) is 20.0 Å². The quantitative estimate of drug-likeness (QED) is 0.503. The van der Waals surface area contributed by atoms with Crippen molar-refractivity contribution in [1.29, 1.82) is 0 Å². The van der Waals surface area contributed by atoms with Crippen LogP contribution >= 0.6 is 0 Å². The summed E-state index contributed by atoms with van der Waals surface area (Å²) in [5.74, 6) is 0.659. The Kier molecular flexibility index (Phi) is 4.84. The lowest BCUT2D eigenvalue weighted by Crippen LogP contribution is -2.35. The van der Waals surface area contributed by atoms with E-state index in [0.717, 1.165) is 36.1 Å². The molecule has 174 valence electrons. The molecule has 8 nitrogen and oxygen atoms in total. The molecule has 2 saturated carbocycles. The van der Waals surface area contributed by atoms with Crippen molar-refractivity contribution in [2.45, 2.75) is 36.1 Å². The number of carbonyl (C=O) groups is 1. The van der Waals surface area contributed by atoms with Gasteiger partial charge in [0.15, 0.2) is 0 Å². The number of carboxylic acid groups (broad SMARTS) is 1. The van der Waals surface area contributed by atoms with Gasteiger partial charge in [0.05, 0.1) is 16.5 Å². The summed E-state index contributed by atoms with van der Waals surface area (Å²) in [7, 11) is -3.84. The molecule has 0 radical (unpaired) electrons. The first-order valence-electron chi connectivity index (χ1n) is 11.4. The Labute approximate surface area is 197 Å². The average molecular weight is 477 g/mol. The number of hydrogen-bond acceptors (Lipinski definition) is 6. The molecule has 2 heterocycles. The largest absolute Gasteiger partial charge is 0.478 e. The second-order valence-corrected chi connectivity index (χ2v) is 11.1. The standard InChI is InChI=1S/C25H24N4O4S/c30-24(31)17-4-1-3-16(12-17)23-22-15-6-5-14(11-15)21(22)19-13-18(7-8-20(19)28-23)34(32,33)29-25-26-9-2-10-27-25/h1-4,7-10,12-15,21-23,28H,5-6,11H2,(H,30,31)(H,26,27,29)/t14-,15-,21-,22+,23-/m0/s1. The van der Waals surface area contributed by atoms with Crippen molar-refractivity contribution in [3.8, 4) is 0 Å². The molecule has 0 spiro atoms. The summed E-state index contributed by atoms with van der Waals surface area (Å²) in [4.78, 5) is 19.7. The van der Waals surface area contributed by atoms with E-state index in [1.54, 1.807) is 36.4 Å². The number of anilines is 2. The van der Waals surface area contributed by atoms with Gasteiger partial charge < -0.3 is 10.4 Å². The molecule has 2 fully saturated rings. The van der Waals surface area contributed by atoms with E-state index in [1.165, 1.54) is 12.4 Å². The Bertz CT molecular complexity index is 1380. The minimum absolute atomic E-state index is 0.00889. The number of aromatic nitrogens is 2. The van der Waals surface area contributed by atoms with E-state index in [0.29, 0.717) is 17.8 Å². The highest BCUT2D eigenvalue weighted by atomic mass is 32.2. The minimum Gasteiger partial charge on any atom is -0.478 e. The maximum atomic E-state index is 13.1. The zero-order chi connectivity index (χ0) is 23.4. The van der Waals surface area contributed by atoms with Crippen LogP contribution in [0.2, 0.25) is 0 Å². The van der Waals surface area contributed by atoms with Crippen LogP contribution in [0.25, 0.3) is 0 Å². The number of nitrogens with one attached hydrogen (secondary N) is 2. The molecule has 3 aliphatic rings. The summed E-state index contributed by atoms with van der Waals surface area (Å²) in [6, 6.07) is 14.0. The van der Waals surface area contributed by atoms with Gasteiger partial charge in [-0.3, -0.25) is 0 Å².